The van der Waals surface area contributed by atoms with Crippen molar-refractivity contribution in [2.45, 2.75) is 33.7 Å². The van der Waals surface area contributed by atoms with Crippen LogP contribution in [0.4, 0.5) is 0 Å². The van der Waals surface area contributed by atoms with Crippen molar-refractivity contribution in [2.75, 3.05) is 20.3 Å². The number of fused-ring (bicyclic) bond motifs is 1. The largest absolute Gasteiger partial charge is 0.496 e. The highest BCUT2D eigenvalue weighted by Crippen LogP contribution is 2.38. The summed E-state index contributed by atoms with van der Waals surface area (Å²) in [6.07, 6.45) is 4.69. The average molecular weight is 455 g/mol. The Morgan fingerprint density at radius 3 is 2.52 bits per heavy atom. The fourth-order valence-electron chi connectivity index (χ4n) is 3.68. The number of methoxy groups -OCH3 is 1. The molecule has 0 aliphatic rings. The molecular weight excluding hydrogens is 420 g/mol. The second-order valence-electron chi connectivity index (χ2n) is 9.18. The molecule has 33 heavy (non-hydrogen) atoms. The van der Waals surface area contributed by atoms with E-state index in [2.05, 4.69) is 26.1 Å². The summed E-state index contributed by atoms with van der Waals surface area (Å²) in [5.41, 5.74) is 8.45. The predicted molar refractivity (Wildman–Crippen MR) is 131 cm³/mol. The van der Waals surface area contributed by atoms with Gasteiger partial charge in [0.1, 0.15) is 17.0 Å². The Balaban J connectivity index is 2.16. The Kier molecular flexibility index (Phi) is 7.17. The normalized spacial score (nSPS) is 11.7. The summed E-state index contributed by atoms with van der Waals surface area (Å²) in [5, 5.41) is 3.92. The minimum Gasteiger partial charge on any atom is -0.496 e. The van der Waals surface area contributed by atoms with Gasteiger partial charge in [0.05, 0.1) is 20.3 Å². The first-order chi connectivity index (χ1) is 15.6. The number of nitrogens with one attached hydrogen (secondary N) is 1. The molecule has 0 saturated heterocycles. The van der Waals surface area contributed by atoms with Crippen molar-refractivity contribution in [1.29, 1.82) is 0 Å². The van der Waals surface area contributed by atoms with E-state index >= 15 is 0 Å². The van der Waals surface area contributed by atoms with Crippen LogP contribution >= 0.6 is 0 Å². The third kappa shape index (κ3) is 5.22. The lowest BCUT2D eigenvalue weighted by Crippen LogP contribution is -2.28. The number of primary amides is 1. The van der Waals surface area contributed by atoms with E-state index in [4.69, 9.17) is 15.2 Å². The van der Waals surface area contributed by atoms with Gasteiger partial charge < -0.3 is 29.7 Å². The summed E-state index contributed by atoms with van der Waals surface area (Å²) in [7, 11) is 5.22. The fraction of sp³-hybridized carbons (Fsp3) is 0.440. The van der Waals surface area contributed by atoms with Gasteiger partial charge >= 0.3 is 0 Å². The molecule has 0 unspecified atom stereocenters. The zero-order valence-corrected chi connectivity index (χ0v) is 20.3. The highest BCUT2D eigenvalue weighted by molar-refractivity contribution is 5.95. The number of ether oxygens (including phenoxy) is 2. The minimum absolute atomic E-state index is 0.00942. The number of amides is 1. The Hall–Kier alpha value is -3.26. The molecule has 8 heteroatoms. The maximum Gasteiger partial charge on any atom is 0.274 e. The predicted octanol–water partition coefficient (Wildman–Crippen LogP) is 2.94. The van der Waals surface area contributed by atoms with Crippen LogP contribution in [0.25, 0.3) is 22.0 Å². The summed E-state index contributed by atoms with van der Waals surface area (Å²) in [5.74, 6) is 0.865. The van der Waals surface area contributed by atoms with E-state index in [1.54, 1.807) is 18.7 Å². The van der Waals surface area contributed by atoms with Crippen LogP contribution in [-0.4, -0.2) is 35.3 Å². The molecule has 0 radical (unpaired) electrons. The van der Waals surface area contributed by atoms with Gasteiger partial charge in [-0.3, -0.25) is 9.59 Å². The first-order valence-corrected chi connectivity index (χ1v) is 11.1. The van der Waals surface area contributed by atoms with Crippen molar-refractivity contribution < 1.29 is 14.3 Å². The zero-order valence-electron chi connectivity index (χ0n) is 20.3. The van der Waals surface area contributed by atoms with E-state index in [-0.39, 0.29) is 17.5 Å². The van der Waals surface area contributed by atoms with Crippen LogP contribution in [-0.2, 0) is 25.4 Å². The summed E-state index contributed by atoms with van der Waals surface area (Å²) in [6, 6.07) is 5.86. The first-order valence-electron chi connectivity index (χ1n) is 11.1. The third-order valence-corrected chi connectivity index (χ3v) is 6.08. The lowest BCUT2D eigenvalue weighted by molar-refractivity contribution is -0.117. The van der Waals surface area contributed by atoms with Crippen LogP contribution in [0.3, 0.4) is 0 Å². The molecule has 178 valence electrons. The van der Waals surface area contributed by atoms with Gasteiger partial charge in [0.15, 0.2) is 0 Å². The first kappa shape index (κ1) is 24.4. The highest BCUT2D eigenvalue weighted by atomic mass is 16.5. The molecular formula is C25H34N4O4. The van der Waals surface area contributed by atoms with Crippen LogP contribution < -0.4 is 26.1 Å². The molecule has 8 nitrogen and oxygen atoms in total. The Bertz CT molecular complexity index is 1220. The Morgan fingerprint density at radius 2 is 1.88 bits per heavy atom. The topological polar surface area (TPSA) is 101 Å². The van der Waals surface area contributed by atoms with Crippen molar-refractivity contribution in [1.82, 2.24) is 14.5 Å². The van der Waals surface area contributed by atoms with Gasteiger partial charge in [-0.15, -0.1) is 0 Å². The van der Waals surface area contributed by atoms with Gasteiger partial charge in [-0.2, -0.15) is 0 Å². The smallest absolute Gasteiger partial charge is 0.274 e. The number of pyridine rings is 1. The van der Waals surface area contributed by atoms with Crippen molar-refractivity contribution in [2.24, 2.45) is 25.2 Å². The third-order valence-electron chi connectivity index (χ3n) is 6.08. The molecule has 1 aromatic carbocycles. The molecule has 3 N–H and O–H groups in total. The number of benzene rings is 1. The van der Waals surface area contributed by atoms with Crippen LogP contribution in [0.2, 0.25) is 0 Å². The molecule has 3 aromatic rings. The second kappa shape index (κ2) is 9.70. The molecule has 0 bridgehead atoms. The lowest BCUT2D eigenvalue weighted by atomic mass is 9.91. The molecule has 0 aliphatic carbocycles. The van der Waals surface area contributed by atoms with Gasteiger partial charge in [0, 0.05) is 49.5 Å². The van der Waals surface area contributed by atoms with Gasteiger partial charge in [-0.25, -0.2) is 0 Å². The van der Waals surface area contributed by atoms with Crippen LogP contribution in [0.1, 0.15) is 32.8 Å². The number of aryl methyl sites for hydroxylation is 2. The average Bonchev–Trinajstić information content (AvgIpc) is 3.16. The molecule has 0 fully saturated rings. The van der Waals surface area contributed by atoms with Crippen molar-refractivity contribution in [3.8, 4) is 22.6 Å². The van der Waals surface area contributed by atoms with Crippen molar-refractivity contribution >= 4 is 16.8 Å². The van der Waals surface area contributed by atoms with Gasteiger partial charge in [0.2, 0.25) is 5.91 Å². The Morgan fingerprint density at radius 1 is 1.18 bits per heavy atom. The maximum absolute atomic E-state index is 12.7. The highest BCUT2D eigenvalue weighted by Gasteiger charge is 2.21. The van der Waals surface area contributed by atoms with Crippen LogP contribution in [0, 0.1) is 5.41 Å². The Labute approximate surface area is 194 Å². The molecule has 2 heterocycles. The van der Waals surface area contributed by atoms with Crippen molar-refractivity contribution in [3.05, 3.63) is 46.5 Å². The van der Waals surface area contributed by atoms with E-state index in [0.29, 0.717) is 30.2 Å². The number of nitrogens with zero attached hydrogens (tertiary/aromatic N) is 2. The van der Waals surface area contributed by atoms with Gasteiger partial charge in [-0.05, 0) is 35.6 Å². The van der Waals surface area contributed by atoms with E-state index in [9.17, 15) is 9.59 Å². The fourth-order valence-corrected chi connectivity index (χ4v) is 3.68. The number of carbonyl (C=O) groups excluding carboxylic acids is 1. The molecule has 2 aromatic heterocycles. The zero-order chi connectivity index (χ0) is 24.3. The van der Waals surface area contributed by atoms with E-state index in [1.165, 1.54) is 0 Å². The number of rotatable bonds is 10. The minimum atomic E-state index is -0.433. The summed E-state index contributed by atoms with van der Waals surface area (Å²) in [4.78, 5) is 23.9. The van der Waals surface area contributed by atoms with Gasteiger partial charge in [-0.1, -0.05) is 20.8 Å². The number of aromatic nitrogens is 2. The SMILES string of the molecule is CCC(C)(C)COc1cc(-c2cn(C)c(=O)c3c2ccn3C)cc(OC)c1CNCC(N)=O. The summed E-state index contributed by atoms with van der Waals surface area (Å²) >= 11 is 0. The molecule has 0 spiro atoms. The lowest BCUT2D eigenvalue weighted by Gasteiger charge is -2.25. The van der Waals surface area contributed by atoms with Gasteiger partial charge in [0.25, 0.3) is 5.56 Å². The van der Waals surface area contributed by atoms with Crippen LogP contribution in [0.15, 0.2) is 35.4 Å². The quantitative estimate of drug-likeness (QED) is 0.491. The van der Waals surface area contributed by atoms with E-state index in [1.807, 2.05) is 42.2 Å². The standard InChI is InChI=1S/C25H34N4O4/c1-7-25(2,3)15-33-21-11-16(10-20(32-6)18(21)12-27-13-22(26)30)19-14-29(5)24(31)23-17(19)8-9-28(23)4/h8-11,14,27H,7,12-13,15H2,1-6H3,(H2,26,30). The number of nitrogens with two attached hydrogens (primary N) is 1. The number of hydrogen-bond acceptors (Lipinski definition) is 5. The molecule has 0 aliphatic heterocycles. The summed E-state index contributed by atoms with van der Waals surface area (Å²) < 4.78 is 15.5. The number of hydrogen-bond donors (Lipinski definition) is 2. The molecule has 0 saturated carbocycles. The monoisotopic (exact) mass is 454 g/mol. The van der Waals surface area contributed by atoms with E-state index < -0.39 is 5.91 Å². The summed E-state index contributed by atoms with van der Waals surface area (Å²) in [6.45, 7) is 7.37. The molecule has 3 rings (SSSR count). The van der Waals surface area contributed by atoms with Crippen molar-refractivity contribution in [3.63, 3.8) is 0 Å². The number of carbonyl (C=O) groups is 1. The maximum atomic E-state index is 12.7. The van der Waals surface area contributed by atoms with E-state index in [0.717, 1.165) is 28.5 Å². The van der Waals surface area contributed by atoms with Crippen LogP contribution in [0.5, 0.6) is 11.5 Å². The molecule has 0 atom stereocenters. The molecule has 1 amide bonds. The second-order valence-corrected chi connectivity index (χ2v) is 9.18.